The number of piperazine rings is 1. The van der Waals surface area contributed by atoms with Crippen LogP contribution in [0.1, 0.15) is 16.7 Å². The number of benzene rings is 2. The second-order valence-corrected chi connectivity index (χ2v) is 7.80. The lowest BCUT2D eigenvalue weighted by molar-refractivity contribution is -0.136. The average molecular weight is 395 g/mol. The number of carbonyl (C=O) groups excluding carboxylic acids is 2. The second kappa shape index (κ2) is 9.60. The number of hydrogen-bond acceptors (Lipinski definition) is 3. The summed E-state index contributed by atoms with van der Waals surface area (Å²) in [5, 5.41) is 0. The molecule has 0 saturated carbocycles. The van der Waals surface area contributed by atoms with E-state index in [-0.39, 0.29) is 11.8 Å². The van der Waals surface area contributed by atoms with Gasteiger partial charge in [-0.05, 0) is 48.1 Å². The highest BCUT2D eigenvalue weighted by molar-refractivity contribution is 7.98. The Balaban J connectivity index is 1.50. The first kappa shape index (κ1) is 20.2. The van der Waals surface area contributed by atoms with Gasteiger partial charge in [0.05, 0.1) is 6.42 Å². The molecule has 0 bridgehead atoms. The van der Waals surface area contributed by atoms with Crippen LogP contribution in [0.2, 0.25) is 0 Å². The van der Waals surface area contributed by atoms with Crippen LogP contribution >= 0.6 is 11.8 Å². The molecule has 2 aromatic rings. The van der Waals surface area contributed by atoms with Gasteiger partial charge < -0.3 is 9.80 Å². The third-order valence-corrected chi connectivity index (χ3v) is 5.82. The summed E-state index contributed by atoms with van der Waals surface area (Å²) in [6, 6.07) is 16.1. The van der Waals surface area contributed by atoms with Gasteiger partial charge >= 0.3 is 0 Å². The Morgan fingerprint density at radius 3 is 2.25 bits per heavy atom. The zero-order valence-corrected chi connectivity index (χ0v) is 17.2. The molecule has 28 heavy (non-hydrogen) atoms. The Kier molecular flexibility index (Phi) is 6.93. The van der Waals surface area contributed by atoms with Crippen molar-refractivity contribution in [1.29, 1.82) is 0 Å². The molecule has 146 valence electrons. The molecule has 0 atom stereocenters. The van der Waals surface area contributed by atoms with E-state index in [1.807, 2.05) is 77.6 Å². The van der Waals surface area contributed by atoms with E-state index in [1.54, 1.807) is 17.8 Å². The quantitative estimate of drug-likeness (QED) is 0.574. The highest BCUT2D eigenvalue weighted by atomic mass is 32.2. The lowest BCUT2D eigenvalue weighted by atomic mass is 10.1. The topological polar surface area (TPSA) is 40.6 Å². The highest BCUT2D eigenvalue weighted by Crippen LogP contribution is 2.16. The Bertz CT molecular complexity index is 853. The van der Waals surface area contributed by atoms with Crippen LogP contribution in [0, 0.1) is 6.92 Å². The smallest absolute Gasteiger partial charge is 0.246 e. The van der Waals surface area contributed by atoms with Crippen molar-refractivity contribution in [3.63, 3.8) is 0 Å². The van der Waals surface area contributed by atoms with Crippen molar-refractivity contribution < 1.29 is 9.59 Å². The fraction of sp³-hybridized carbons (Fsp3) is 0.304. The van der Waals surface area contributed by atoms with Crippen LogP contribution in [0.3, 0.4) is 0 Å². The van der Waals surface area contributed by atoms with Crippen molar-refractivity contribution in [2.45, 2.75) is 18.2 Å². The van der Waals surface area contributed by atoms with Crippen LogP contribution in [-0.4, -0.2) is 54.0 Å². The molecule has 2 aromatic carbocycles. The SMILES string of the molecule is CSc1ccc(/C=C/C(=O)N2CCN(C(=O)Cc3ccccc3C)CC2)cc1. The van der Waals surface area contributed by atoms with Crippen LogP contribution in [0.25, 0.3) is 6.08 Å². The summed E-state index contributed by atoms with van der Waals surface area (Å²) in [5.41, 5.74) is 3.22. The van der Waals surface area contributed by atoms with Crippen LogP contribution in [-0.2, 0) is 16.0 Å². The number of amides is 2. The molecule has 3 rings (SSSR count). The molecule has 5 heteroatoms. The van der Waals surface area contributed by atoms with E-state index in [4.69, 9.17) is 0 Å². The van der Waals surface area contributed by atoms with Crippen molar-refractivity contribution in [1.82, 2.24) is 9.80 Å². The van der Waals surface area contributed by atoms with Crippen molar-refractivity contribution >= 4 is 29.7 Å². The van der Waals surface area contributed by atoms with E-state index in [9.17, 15) is 9.59 Å². The Labute approximate surface area is 171 Å². The van der Waals surface area contributed by atoms with Crippen LogP contribution in [0.5, 0.6) is 0 Å². The van der Waals surface area contributed by atoms with Crippen LogP contribution in [0.15, 0.2) is 59.5 Å². The van der Waals surface area contributed by atoms with Gasteiger partial charge in [-0.25, -0.2) is 0 Å². The van der Waals surface area contributed by atoms with Crippen molar-refractivity contribution in [3.05, 3.63) is 71.3 Å². The minimum atomic E-state index is -0.0000501. The maximum Gasteiger partial charge on any atom is 0.246 e. The van der Waals surface area contributed by atoms with E-state index in [0.29, 0.717) is 32.6 Å². The normalized spacial score (nSPS) is 14.5. The molecule has 1 saturated heterocycles. The molecule has 0 aromatic heterocycles. The second-order valence-electron chi connectivity index (χ2n) is 6.92. The van der Waals surface area contributed by atoms with Gasteiger partial charge in [-0.2, -0.15) is 0 Å². The van der Waals surface area contributed by atoms with Crippen molar-refractivity contribution in [3.8, 4) is 0 Å². The molecular weight excluding hydrogens is 368 g/mol. The van der Waals surface area contributed by atoms with Gasteiger partial charge in [0.1, 0.15) is 0 Å². The summed E-state index contributed by atoms with van der Waals surface area (Å²) in [5.74, 6) is 0.130. The van der Waals surface area contributed by atoms with Gasteiger partial charge in [-0.3, -0.25) is 9.59 Å². The maximum atomic E-state index is 12.6. The van der Waals surface area contributed by atoms with Crippen LogP contribution in [0.4, 0.5) is 0 Å². The number of rotatable bonds is 5. The lowest BCUT2D eigenvalue weighted by Gasteiger charge is -2.34. The summed E-state index contributed by atoms with van der Waals surface area (Å²) >= 11 is 1.70. The van der Waals surface area contributed by atoms with E-state index >= 15 is 0 Å². The molecule has 0 spiro atoms. The van der Waals surface area contributed by atoms with Gasteiger partial charge in [-0.1, -0.05) is 36.4 Å². The molecule has 0 N–H and O–H groups in total. The van der Waals surface area contributed by atoms with Gasteiger partial charge in [-0.15, -0.1) is 11.8 Å². The number of thioether (sulfide) groups is 1. The third kappa shape index (κ3) is 5.26. The van der Waals surface area contributed by atoms with Gasteiger partial charge in [0.25, 0.3) is 0 Å². The Morgan fingerprint density at radius 1 is 0.964 bits per heavy atom. The fourth-order valence-electron chi connectivity index (χ4n) is 3.25. The summed E-state index contributed by atoms with van der Waals surface area (Å²) < 4.78 is 0. The average Bonchev–Trinajstić information content (AvgIpc) is 2.74. The Hall–Kier alpha value is -2.53. The molecule has 1 aliphatic rings. The fourth-order valence-corrected chi connectivity index (χ4v) is 3.66. The predicted molar refractivity (Wildman–Crippen MR) is 115 cm³/mol. The summed E-state index contributed by atoms with van der Waals surface area (Å²) in [6.45, 7) is 4.36. The van der Waals surface area contributed by atoms with Gasteiger partial charge in [0.2, 0.25) is 11.8 Å². The number of hydrogen-bond donors (Lipinski definition) is 0. The number of nitrogens with zero attached hydrogens (tertiary/aromatic N) is 2. The largest absolute Gasteiger partial charge is 0.339 e. The molecule has 1 fully saturated rings. The number of aryl methyl sites for hydroxylation is 1. The molecular formula is C23H26N2O2S. The summed E-state index contributed by atoms with van der Waals surface area (Å²) in [6.07, 6.45) is 5.94. The Morgan fingerprint density at radius 2 is 1.61 bits per heavy atom. The maximum absolute atomic E-state index is 12.6. The monoisotopic (exact) mass is 394 g/mol. The zero-order valence-electron chi connectivity index (χ0n) is 16.4. The van der Waals surface area contributed by atoms with Crippen molar-refractivity contribution in [2.24, 2.45) is 0 Å². The molecule has 1 aliphatic heterocycles. The number of carbonyl (C=O) groups is 2. The molecule has 4 nitrogen and oxygen atoms in total. The summed E-state index contributed by atoms with van der Waals surface area (Å²) in [4.78, 5) is 29.9. The molecule has 0 aliphatic carbocycles. The van der Waals surface area contributed by atoms with E-state index in [1.165, 1.54) is 4.90 Å². The molecule has 0 unspecified atom stereocenters. The first-order valence-corrected chi connectivity index (χ1v) is 10.7. The highest BCUT2D eigenvalue weighted by Gasteiger charge is 2.23. The van der Waals surface area contributed by atoms with E-state index < -0.39 is 0 Å². The van der Waals surface area contributed by atoms with Crippen LogP contribution < -0.4 is 0 Å². The van der Waals surface area contributed by atoms with E-state index in [0.717, 1.165) is 16.7 Å². The molecule has 0 radical (unpaired) electrons. The van der Waals surface area contributed by atoms with E-state index in [2.05, 4.69) is 0 Å². The summed E-state index contributed by atoms with van der Waals surface area (Å²) in [7, 11) is 0. The lowest BCUT2D eigenvalue weighted by Crippen LogP contribution is -2.50. The third-order valence-electron chi connectivity index (χ3n) is 5.08. The first-order chi connectivity index (χ1) is 13.6. The molecule has 1 heterocycles. The minimum absolute atomic E-state index is 0.0000501. The van der Waals surface area contributed by atoms with Gasteiger partial charge in [0.15, 0.2) is 0 Å². The first-order valence-electron chi connectivity index (χ1n) is 9.50. The minimum Gasteiger partial charge on any atom is -0.339 e. The standard InChI is InChI=1S/C23H26N2O2S/c1-18-5-3-4-6-20(18)17-23(27)25-15-13-24(14-16-25)22(26)12-9-19-7-10-21(28-2)11-8-19/h3-12H,13-17H2,1-2H3/b12-9+. The molecule has 2 amide bonds. The predicted octanol–water partition coefficient (Wildman–Crippen LogP) is 3.64. The van der Waals surface area contributed by atoms with Crippen molar-refractivity contribution in [2.75, 3.05) is 32.4 Å². The van der Waals surface area contributed by atoms with Gasteiger partial charge in [0, 0.05) is 37.2 Å². The zero-order chi connectivity index (χ0) is 19.9.